The van der Waals surface area contributed by atoms with Crippen LogP contribution in [-0.4, -0.2) is 35.1 Å². The lowest BCUT2D eigenvalue weighted by atomic mass is 9.78. The highest BCUT2D eigenvalue weighted by Gasteiger charge is 2.36. The van der Waals surface area contributed by atoms with Gasteiger partial charge in [0, 0.05) is 30.8 Å². The van der Waals surface area contributed by atoms with Crippen molar-refractivity contribution >= 4 is 12.0 Å². The first-order chi connectivity index (χ1) is 20.7. The van der Waals surface area contributed by atoms with Gasteiger partial charge in [0.25, 0.3) is 5.91 Å². The Hall–Kier alpha value is -4.51. The number of amides is 2. The van der Waals surface area contributed by atoms with Crippen LogP contribution in [0.2, 0.25) is 0 Å². The Bertz CT molecular complexity index is 1470. The normalized spacial score (nSPS) is 18.1. The number of ether oxygens (including phenoxy) is 3. The molecule has 1 saturated heterocycles. The second kappa shape index (κ2) is 13.2. The van der Waals surface area contributed by atoms with Gasteiger partial charge in [0.05, 0.1) is 11.6 Å². The minimum atomic E-state index is -0.563. The molecule has 224 valence electrons. The summed E-state index contributed by atoms with van der Waals surface area (Å²) in [5.74, 6) is 2.66. The second-order valence-electron chi connectivity index (χ2n) is 12.3. The molecule has 8 heteroatoms. The van der Waals surface area contributed by atoms with Crippen LogP contribution in [0.4, 0.5) is 4.79 Å². The first kappa shape index (κ1) is 30.0. The highest BCUT2D eigenvalue weighted by atomic mass is 16.6. The number of nitrogens with one attached hydrogen (secondary N) is 1. The lowest BCUT2D eigenvalue weighted by molar-refractivity contribution is 0.0389. The zero-order chi connectivity index (χ0) is 30.4. The van der Waals surface area contributed by atoms with E-state index in [1.807, 2.05) is 45.0 Å². The van der Waals surface area contributed by atoms with Crippen LogP contribution in [0.3, 0.4) is 0 Å². The third-order valence-electron chi connectivity index (χ3n) is 7.84. The molecule has 2 amide bonds. The van der Waals surface area contributed by atoms with Gasteiger partial charge in [-0.3, -0.25) is 4.79 Å². The molecular weight excluding hydrogens is 542 g/mol. The number of nitrogens with zero attached hydrogens (tertiary/aromatic N) is 2. The number of fused-ring (bicyclic) bond motifs is 1. The molecule has 8 nitrogen and oxygen atoms in total. The molecule has 3 aromatic carbocycles. The summed E-state index contributed by atoms with van der Waals surface area (Å²) in [5.41, 5.74) is 1.38. The summed E-state index contributed by atoms with van der Waals surface area (Å²) in [4.78, 5) is 28.0. The average molecular weight is 582 g/mol. The molecule has 3 aromatic rings. The number of likely N-dealkylation sites (tertiary alicyclic amines) is 1. The molecule has 1 aliphatic carbocycles. The van der Waals surface area contributed by atoms with Gasteiger partial charge < -0.3 is 24.4 Å². The van der Waals surface area contributed by atoms with Gasteiger partial charge in [0.2, 0.25) is 0 Å². The van der Waals surface area contributed by atoms with Crippen molar-refractivity contribution in [2.75, 3.05) is 6.54 Å². The average Bonchev–Trinajstić information content (AvgIpc) is 2.99. The summed E-state index contributed by atoms with van der Waals surface area (Å²) >= 11 is 0. The first-order valence-corrected chi connectivity index (χ1v) is 15.0. The Morgan fingerprint density at radius 1 is 0.860 bits per heavy atom. The molecule has 0 aromatic heterocycles. The Kier molecular flexibility index (Phi) is 9.20. The monoisotopic (exact) mass is 581 g/mol. The van der Waals surface area contributed by atoms with Gasteiger partial charge in [0.15, 0.2) is 0 Å². The van der Waals surface area contributed by atoms with Crippen LogP contribution in [0.5, 0.6) is 23.0 Å². The summed E-state index contributed by atoms with van der Waals surface area (Å²) in [6.45, 7) is 6.54. The van der Waals surface area contributed by atoms with Crippen molar-refractivity contribution in [1.82, 2.24) is 10.2 Å². The molecule has 2 atom stereocenters. The van der Waals surface area contributed by atoms with Crippen molar-refractivity contribution in [2.24, 2.45) is 5.92 Å². The summed E-state index contributed by atoms with van der Waals surface area (Å²) in [6, 6.07) is 21.9. The minimum absolute atomic E-state index is 0.00436. The molecule has 2 fully saturated rings. The number of piperidine rings is 1. The van der Waals surface area contributed by atoms with E-state index in [-0.39, 0.29) is 11.9 Å². The second-order valence-corrected chi connectivity index (χ2v) is 12.3. The number of carbonyl (C=O) groups excluding carboxylic acids is 2. The SMILES string of the molecule is CC(C)(C)OC(=O)NCc1ccc(Oc2cc(Oc3ccc(C#N)cc3)cc(C(=O)N3CCCC4CCCCC43)c2)cc1. The lowest BCUT2D eigenvalue weighted by Crippen LogP contribution is -2.49. The maximum atomic E-state index is 13.9. The Labute approximate surface area is 253 Å². The fourth-order valence-corrected chi connectivity index (χ4v) is 5.89. The van der Waals surface area contributed by atoms with Gasteiger partial charge in [-0.15, -0.1) is 0 Å². The van der Waals surface area contributed by atoms with Crippen molar-refractivity contribution in [1.29, 1.82) is 5.26 Å². The number of carbonyl (C=O) groups is 2. The number of nitriles is 1. The highest BCUT2D eigenvalue weighted by Crippen LogP contribution is 2.37. The third kappa shape index (κ3) is 8.07. The largest absolute Gasteiger partial charge is 0.457 e. The Balaban J connectivity index is 1.35. The molecule has 0 spiro atoms. The van der Waals surface area contributed by atoms with E-state index in [1.54, 1.807) is 42.5 Å². The van der Waals surface area contributed by atoms with E-state index in [9.17, 15) is 9.59 Å². The molecule has 2 unspecified atom stereocenters. The van der Waals surface area contributed by atoms with Crippen molar-refractivity contribution < 1.29 is 23.8 Å². The molecule has 1 saturated carbocycles. The molecule has 1 aliphatic heterocycles. The maximum Gasteiger partial charge on any atom is 0.407 e. The Morgan fingerprint density at radius 2 is 1.47 bits per heavy atom. The topological polar surface area (TPSA) is 101 Å². The zero-order valence-corrected chi connectivity index (χ0v) is 25.1. The Morgan fingerprint density at radius 3 is 2.09 bits per heavy atom. The molecule has 43 heavy (non-hydrogen) atoms. The molecule has 0 bridgehead atoms. The minimum Gasteiger partial charge on any atom is -0.457 e. The smallest absolute Gasteiger partial charge is 0.407 e. The molecular formula is C35H39N3O5. The third-order valence-corrected chi connectivity index (χ3v) is 7.84. The predicted octanol–water partition coefficient (Wildman–Crippen LogP) is 7.96. The van der Waals surface area contributed by atoms with Crippen LogP contribution in [-0.2, 0) is 11.3 Å². The number of hydrogen-bond acceptors (Lipinski definition) is 6. The van der Waals surface area contributed by atoms with Gasteiger partial charge in [-0.2, -0.15) is 5.26 Å². The number of benzene rings is 3. The van der Waals surface area contributed by atoms with E-state index < -0.39 is 11.7 Å². The van der Waals surface area contributed by atoms with E-state index in [0.29, 0.717) is 46.6 Å². The number of rotatable bonds is 7. The van der Waals surface area contributed by atoms with E-state index in [0.717, 1.165) is 31.4 Å². The van der Waals surface area contributed by atoms with Crippen LogP contribution < -0.4 is 14.8 Å². The van der Waals surface area contributed by atoms with E-state index >= 15 is 0 Å². The van der Waals surface area contributed by atoms with Crippen LogP contribution in [0.25, 0.3) is 0 Å². The zero-order valence-electron chi connectivity index (χ0n) is 25.1. The lowest BCUT2D eigenvalue weighted by Gasteiger charge is -2.44. The summed E-state index contributed by atoms with van der Waals surface area (Å²) in [6.07, 6.45) is 6.37. The molecule has 5 rings (SSSR count). The maximum absolute atomic E-state index is 13.9. The van der Waals surface area contributed by atoms with Gasteiger partial charge >= 0.3 is 6.09 Å². The van der Waals surface area contributed by atoms with E-state index in [2.05, 4.69) is 16.3 Å². The van der Waals surface area contributed by atoms with Crippen LogP contribution in [0.15, 0.2) is 66.7 Å². The van der Waals surface area contributed by atoms with Crippen LogP contribution in [0.1, 0.15) is 80.8 Å². The summed E-state index contributed by atoms with van der Waals surface area (Å²) in [7, 11) is 0. The highest BCUT2D eigenvalue weighted by molar-refractivity contribution is 5.95. The van der Waals surface area contributed by atoms with Crippen molar-refractivity contribution in [3.05, 3.63) is 83.4 Å². The van der Waals surface area contributed by atoms with Crippen molar-refractivity contribution in [3.8, 4) is 29.1 Å². The first-order valence-electron chi connectivity index (χ1n) is 15.0. The predicted molar refractivity (Wildman–Crippen MR) is 163 cm³/mol. The van der Waals surface area contributed by atoms with Gasteiger partial charge in [-0.1, -0.05) is 25.0 Å². The molecule has 0 radical (unpaired) electrons. The van der Waals surface area contributed by atoms with Crippen molar-refractivity contribution in [2.45, 2.75) is 77.5 Å². The number of hydrogen-bond donors (Lipinski definition) is 1. The molecule has 2 aliphatic rings. The molecule has 1 heterocycles. The standard InChI is InChI=1S/C35H39N3O5/c1-35(2,3)43-34(40)37-23-25-12-16-29(17-13-25)42-31-20-27(19-30(21-31)41-28-14-10-24(22-36)11-15-28)33(39)38-18-6-8-26-7-4-5-9-32(26)38/h10-17,19-21,26,32H,4-9,18,23H2,1-3H3,(H,37,40). The van der Waals surface area contributed by atoms with Gasteiger partial charge in [-0.05, 0) is 106 Å². The number of alkyl carbamates (subject to hydrolysis) is 1. The summed E-state index contributed by atoms with van der Waals surface area (Å²) in [5, 5.41) is 11.9. The quantitative estimate of drug-likeness (QED) is 0.304. The van der Waals surface area contributed by atoms with Crippen LogP contribution >= 0.6 is 0 Å². The fraction of sp³-hybridized carbons (Fsp3) is 0.400. The fourth-order valence-electron chi connectivity index (χ4n) is 5.89. The van der Waals surface area contributed by atoms with E-state index in [4.69, 9.17) is 19.5 Å². The molecule has 1 N–H and O–H groups in total. The summed E-state index contributed by atoms with van der Waals surface area (Å²) < 4.78 is 17.7. The van der Waals surface area contributed by atoms with E-state index in [1.165, 1.54) is 19.3 Å². The van der Waals surface area contributed by atoms with Gasteiger partial charge in [0.1, 0.15) is 28.6 Å². The van der Waals surface area contributed by atoms with Gasteiger partial charge in [-0.25, -0.2) is 4.79 Å². The van der Waals surface area contributed by atoms with Crippen molar-refractivity contribution in [3.63, 3.8) is 0 Å². The van der Waals surface area contributed by atoms with Crippen LogP contribution in [0, 0.1) is 17.2 Å².